The van der Waals surface area contributed by atoms with E-state index in [-0.39, 0.29) is 24.0 Å². The molecule has 2 aromatic rings. The number of hydrogen-bond acceptors (Lipinski definition) is 5. The van der Waals surface area contributed by atoms with Gasteiger partial charge < -0.3 is 15.4 Å². The minimum absolute atomic E-state index is 0.0151. The van der Waals surface area contributed by atoms with E-state index in [1.165, 1.54) is 28.7 Å². The largest absolute Gasteiger partial charge is 0.385 e. The van der Waals surface area contributed by atoms with Gasteiger partial charge in [-0.1, -0.05) is 36.8 Å². The molecule has 3 atom stereocenters. The van der Waals surface area contributed by atoms with Crippen molar-refractivity contribution < 1.29 is 9.53 Å². The number of methoxy groups -OCH3 is 1. The van der Waals surface area contributed by atoms with E-state index in [9.17, 15) is 14.4 Å². The van der Waals surface area contributed by atoms with Gasteiger partial charge in [0.25, 0.3) is 5.56 Å². The van der Waals surface area contributed by atoms with Crippen LogP contribution in [0.2, 0.25) is 0 Å². The van der Waals surface area contributed by atoms with E-state index in [1.807, 2.05) is 30.3 Å². The molecule has 172 valence electrons. The summed E-state index contributed by atoms with van der Waals surface area (Å²) in [7, 11) is 1.60. The molecular weight excluding hydrogens is 408 g/mol. The van der Waals surface area contributed by atoms with Crippen molar-refractivity contribution in [3.63, 3.8) is 0 Å². The van der Waals surface area contributed by atoms with Crippen molar-refractivity contribution in [1.29, 1.82) is 0 Å². The number of carbonyl (C=O) groups is 1. The molecule has 0 radical (unpaired) electrons. The first-order valence-electron chi connectivity index (χ1n) is 11.4. The fourth-order valence-electron chi connectivity index (χ4n) is 5.45. The van der Waals surface area contributed by atoms with Crippen LogP contribution in [0.15, 0.2) is 39.9 Å². The number of fused-ring (bicyclic) bond motifs is 2. The van der Waals surface area contributed by atoms with Crippen molar-refractivity contribution in [2.24, 2.45) is 17.8 Å². The van der Waals surface area contributed by atoms with Gasteiger partial charge >= 0.3 is 5.69 Å². The van der Waals surface area contributed by atoms with E-state index in [0.717, 1.165) is 17.9 Å². The molecule has 8 heteroatoms. The second kappa shape index (κ2) is 9.73. The molecule has 1 amide bonds. The van der Waals surface area contributed by atoms with Crippen LogP contribution in [-0.4, -0.2) is 35.7 Å². The summed E-state index contributed by atoms with van der Waals surface area (Å²) in [5.41, 5.74) is 6.08. The van der Waals surface area contributed by atoms with Gasteiger partial charge in [-0.25, -0.2) is 4.79 Å². The third-order valence-electron chi connectivity index (χ3n) is 7.02. The molecule has 2 saturated carbocycles. The number of hydrogen-bond donors (Lipinski definition) is 2. The Balaban J connectivity index is 1.64. The Hall–Kier alpha value is -2.87. The molecule has 2 fully saturated rings. The Kier molecular flexibility index (Phi) is 6.79. The second-order valence-electron chi connectivity index (χ2n) is 9.10. The lowest BCUT2D eigenvalue weighted by atomic mass is 9.86. The van der Waals surface area contributed by atoms with Gasteiger partial charge in [-0.15, -0.1) is 0 Å². The topological polar surface area (TPSA) is 110 Å². The van der Waals surface area contributed by atoms with Gasteiger partial charge in [-0.05, 0) is 49.0 Å². The maximum Gasteiger partial charge on any atom is 0.330 e. The van der Waals surface area contributed by atoms with E-state index in [0.29, 0.717) is 37.8 Å². The van der Waals surface area contributed by atoms with Crippen LogP contribution in [-0.2, 0) is 16.1 Å². The first kappa shape index (κ1) is 22.3. The summed E-state index contributed by atoms with van der Waals surface area (Å²) in [6.45, 7) is 0.978. The molecule has 1 aromatic heterocycles. The number of benzene rings is 1. The highest BCUT2D eigenvalue weighted by molar-refractivity contribution is 5.95. The van der Waals surface area contributed by atoms with Gasteiger partial charge in [-0.2, -0.15) is 0 Å². The highest BCUT2D eigenvalue weighted by atomic mass is 16.5. The number of rotatable bonds is 9. The van der Waals surface area contributed by atoms with Gasteiger partial charge in [0.05, 0.1) is 6.54 Å². The van der Waals surface area contributed by atoms with Crippen molar-refractivity contribution in [3.8, 4) is 0 Å². The molecule has 0 spiro atoms. The zero-order valence-electron chi connectivity index (χ0n) is 18.6. The summed E-state index contributed by atoms with van der Waals surface area (Å²) in [5.74, 6) is 1.61. The Morgan fingerprint density at radius 3 is 2.66 bits per heavy atom. The molecule has 1 aromatic carbocycles. The average molecular weight is 441 g/mol. The quantitative estimate of drug-likeness (QED) is 0.582. The molecule has 3 N–H and O–H groups in total. The fraction of sp³-hybridized carbons (Fsp3) is 0.542. The number of carbonyl (C=O) groups excluding carboxylic acids is 1. The lowest BCUT2D eigenvalue weighted by Gasteiger charge is -2.28. The summed E-state index contributed by atoms with van der Waals surface area (Å²) in [4.78, 5) is 42.6. The van der Waals surface area contributed by atoms with E-state index in [1.54, 1.807) is 7.11 Å². The number of aromatic nitrogens is 2. The lowest BCUT2D eigenvalue weighted by molar-refractivity contribution is -0.120. The standard InChI is InChI=1S/C24H32N4O4/c1-32-11-5-10-27(20(29)14-19-13-17-8-9-18(19)12-17)21-22(25)28(24(31)26-23(21)30)15-16-6-3-2-4-7-16/h2-4,6-7,17-19H,5,8-15,25H2,1H3,(H,26,30,31). The zero-order valence-corrected chi connectivity index (χ0v) is 18.6. The summed E-state index contributed by atoms with van der Waals surface area (Å²) < 4.78 is 6.47. The second-order valence-corrected chi connectivity index (χ2v) is 9.10. The zero-order chi connectivity index (χ0) is 22.7. The first-order valence-corrected chi connectivity index (χ1v) is 11.4. The van der Waals surface area contributed by atoms with Crippen LogP contribution in [0.4, 0.5) is 11.5 Å². The van der Waals surface area contributed by atoms with Crippen LogP contribution in [0.1, 0.15) is 44.1 Å². The smallest absolute Gasteiger partial charge is 0.330 e. The molecular formula is C24H32N4O4. The molecule has 3 unspecified atom stereocenters. The molecule has 32 heavy (non-hydrogen) atoms. The number of nitrogens with zero attached hydrogens (tertiary/aromatic N) is 2. The molecule has 2 aliphatic rings. The molecule has 1 heterocycles. The molecule has 8 nitrogen and oxygen atoms in total. The summed E-state index contributed by atoms with van der Waals surface area (Å²) >= 11 is 0. The van der Waals surface area contributed by atoms with Crippen LogP contribution >= 0.6 is 0 Å². The van der Waals surface area contributed by atoms with Gasteiger partial charge in [0.15, 0.2) is 5.69 Å². The van der Waals surface area contributed by atoms with E-state index < -0.39 is 11.2 Å². The minimum Gasteiger partial charge on any atom is -0.385 e. The average Bonchev–Trinajstić information content (AvgIpc) is 3.39. The third-order valence-corrected chi connectivity index (χ3v) is 7.02. The summed E-state index contributed by atoms with van der Waals surface area (Å²) in [6, 6.07) is 9.40. The van der Waals surface area contributed by atoms with Gasteiger partial charge in [0.1, 0.15) is 5.82 Å². The maximum atomic E-state index is 13.4. The number of nitrogen functional groups attached to an aromatic ring is 1. The maximum absolute atomic E-state index is 13.4. The molecule has 4 rings (SSSR count). The van der Waals surface area contributed by atoms with Crippen molar-refractivity contribution in [2.75, 3.05) is 30.9 Å². The van der Waals surface area contributed by atoms with Gasteiger partial charge in [0, 0.05) is 26.7 Å². The minimum atomic E-state index is -0.629. The number of aromatic amines is 1. The van der Waals surface area contributed by atoms with E-state index in [4.69, 9.17) is 10.5 Å². The van der Waals surface area contributed by atoms with Crippen molar-refractivity contribution >= 4 is 17.4 Å². The van der Waals surface area contributed by atoms with Crippen LogP contribution in [0, 0.1) is 17.8 Å². The van der Waals surface area contributed by atoms with Crippen LogP contribution < -0.4 is 21.9 Å². The number of ether oxygens (including phenoxy) is 1. The normalized spacial score (nSPS) is 21.7. The Labute approximate surface area is 187 Å². The number of amides is 1. The Bertz CT molecular complexity index is 1060. The van der Waals surface area contributed by atoms with Gasteiger partial charge in [0.2, 0.25) is 5.91 Å². The molecule has 0 aliphatic heterocycles. The SMILES string of the molecule is COCCCN(C(=O)CC1CC2CCC1C2)c1c(N)n(Cc2ccccc2)c(=O)[nH]c1=O. The Morgan fingerprint density at radius 1 is 1.22 bits per heavy atom. The van der Waals surface area contributed by atoms with Crippen LogP contribution in [0.5, 0.6) is 0 Å². The van der Waals surface area contributed by atoms with E-state index >= 15 is 0 Å². The number of nitrogens with two attached hydrogens (primary N) is 1. The number of nitrogens with one attached hydrogen (secondary N) is 1. The monoisotopic (exact) mass is 440 g/mol. The van der Waals surface area contributed by atoms with Crippen LogP contribution in [0.3, 0.4) is 0 Å². The molecule has 0 saturated heterocycles. The van der Waals surface area contributed by atoms with Gasteiger partial charge in [-0.3, -0.25) is 19.1 Å². The predicted molar refractivity (Wildman–Crippen MR) is 124 cm³/mol. The predicted octanol–water partition coefficient (Wildman–Crippen LogP) is 2.36. The summed E-state index contributed by atoms with van der Waals surface area (Å²) in [6.07, 6.45) is 5.73. The van der Waals surface area contributed by atoms with E-state index in [2.05, 4.69) is 4.98 Å². The molecule has 2 bridgehead atoms. The van der Waals surface area contributed by atoms with Crippen LogP contribution in [0.25, 0.3) is 0 Å². The number of anilines is 2. The van der Waals surface area contributed by atoms with Crippen molar-refractivity contribution in [2.45, 2.75) is 45.1 Å². The lowest BCUT2D eigenvalue weighted by Crippen LogP contribution is -2.42. The summed E-state index contributed by atoms with van der Waals surface area (Å²) in [5, 5.41) is 0. The highest BCUT2D eigenvalue weighted by Crippen LogP contribution is 2.49. The number of H-pyrrole nitrogens is 1. The fourth-order valence-corrected chi connectivity index (χ4v) is 5.45. The third kappa shape index (κ3) is 4.65. The highest BCUT2D eigenvalue weighted by Gasteiger charge is 2.41. The van der Waals surface area contributed by atoms with Crippen molar-refractivity contribution in [1.82, 2.24) is 9.55 Å². The van der Waals surface area contributed by atoms with Crippen molar-refractivity contribution in [3.05, 3.63) is 56.7 Å². The Morgan fingerprint density at radius 2 is 2.00 bits per heavy atom. The molecule has 2 aliphatic carbocycles. The first-order chi connectivity index (χ1) is 15.5.